The van der Waals surface area contributed by atoms with Crippen LogP contribution in [0.5, 0.6) is 0 Å². The molecule has 21 heavy (non-hydrogen) atoms. The molecule has 118 valence electrons. The lowest BCUT2D eigenvalue weighted by atomic mass is 10.0. The van der Waals surface area contributed by atoms with E-state index in [1.165, 1.54) is 45.3 Å². The lowest BCUT2D eigenvalue weighted by Gasteiger charge is -2.32. The quantitative estimate of drug-likeness (QED) is 0.727. The molecule has 1 saturated heterocycles. The lowest BCUT2D eigenvalue weighted by molar-refractivity contribution is 0.195. The van der Waals surface area contributed by atoms with Crippen molar-refractivity contribution in [3.8, 4) is 0 Å². The molecule has 2 rings (SSSR count). The van der Waals surface area contributed by atoms with Gasteiger partial charge in [-0.05, 0) is 51.0 Å². The Kier molecular flexibility index (Phi) is 7.11. The zero-order valence-electron chi connectivity index (χ0n) is 12.5. The van der Waals surface area contributed by atoms with Crippen molar-refractivity contribution in [1.82, 2.24) is 10.2 Å². The summed E-state index contributed by atoms with van der Waals surface area (Å²) >= 11 is 18.5. The maximum atomic E-state index is 6.23. The van der Waals surface area contributed by atoms with Gasteiger partial charge in [-0.1, -0.05) is 48.1 Å². The molecule has 0 amide bonds. The molecular weight excluding hydrogens is 327 g/mol. The standard InChI is InChI=1S/C16H23Cl3N2/c1-2-3-8-21-9-6-12(7-10-21)20-11-13-14(17)4-5-15(18)16(13)19/h4-5,12,20H,2-3,6-11H2,1H3. The van der Waals surface area contributed by atoms with E-state index in [9.17, 15) is 0 Å². The summed E-state index contributed by atoms with van der Waals surface area (Å²) in [6.07, 6.45) is 4.93. The van der Waals surface area contributed by atoms with Gasteiger partial charge in [-0.15, -0.1) is 0 Å². The highest BCUT2D eigenvalue weighted by Crippen LogP contribution is 2.31. The summed E-state index contributed by atoms with van der Waals surface area (Å²) in [4.78, 5) is 2.56. The molecule has 0 saturated carbocycles. The average molecular weight is 350 g/mol. The van der Waals surface area contributed by atoms with E-state index in [1.54, 1.807) is 12.1 Å². The minimum atomic E-state index is 0.536. The zero-order chi connectivity index (χ0) is 15.2. The molecule has 0 aliphatic carbocycles. The summed E-state index contributed by atoms with van der Waals surface area (Å²) in [6.45, 7) is 6.50. The number of nitrogens with zero attached hydrogens (tertiary/aromatic N) is 1. The number of hydrogen-bond donors (Lipinski definition) is 1. The third-order valence-electron chi connectivity index (χ3n) is 4.12. The van der Waals surface area contributed by atoms with Gasteiger partial charge in [0, 0.05) is 23.2 Å². The van der Waals surface area contributed by atoms with Crippen molar-refractivity contribution >= 4 is 34.8 Å². The van der Waals surface area contributed by atoms with E-state index < -0.39 is 0 Å². The molecule has 0 aromatic heterocycles. The number of halogens is 3. The van der Waals surface area contributed by atoms with E-state index in [0.717, 1.165) is 5.56 Å². The molecule has 1 aromatic carbocycles. The van der Waals surface area contributed by atoms with Crippen molar-refractivity contribution in [2.24, 2.45) is 0 Å². The summed E-state index contributed by atoms with van der Waals surface area (Å²) in [5, 5.41) is 5.38. The highest BCUT2D eigenvalue weighted by atomic mass is 35.5. The number of nitrogens with one attached hydrogen (secondary N) is 1. The molecule has 0 radical (unpaired) electrons. The topological polar surface area (TPSA) is 15.3 Å². The van der Waals surface area contributed by atoms with Crippen LogP contribution < -0.4 is 5.32 Å². The smallest absolute Gasteiger partial charge is 0.0652 e. The second-order valence-corrected chi connectivity index (χ2v) is 6.86. The first-order chi connectivity index (χ1) is 10.1. The molecule has 1 heterocycles. The molecule has 0 bridgehead atoms. The molecule has 1 aliphatic heterocycles. The molecule has 0 atom stereocenters. The number of unbranched alkanes of at least 4 members (excludes halogenated alkanes) is 1. The van der Waals surface area contributed by atoms with Crippen LogP contribution in [0.2, 0.25) is 15.1 Å². The van der Waals surface area contributed by atoms with Gasteiger partial charge in [0.15, 0.2) is 0 Å². The van der Waals surface area contributed by atoms with Crippen molar-refractivity contribution in [3.05, 3.63) is 32.8 Å². The van der Waals surface area contributed by atoms with Gasteiger partial charge in [-0.2, -0.15) is 0 Å². The molecule has 2 nitrogen and oxygen atoms in total. The fourth-order valence-corrected chi connectivity index (χ4v) is 3.40. The fraction of sp³-hybridized carbons (Fsp3) is 0.625. The summed E-state index contributed by atoms with van der Waals surface area (Å²) in [5.74, 6) is 0. The van der Waals surface area contributed by atoms with E-state index in [2.05, 4.69) is 17.1 Å². The SMILES string of the molecule is CCCCN1CCC(NCc2c(Cl)ccc(Cl)c2Cl)CC1. The molecule has 1 N–H and O–H groups in total. The van der Waals surface area contributed by atoms with Crippen LogP contribution in [0.25, 0.3) is 0 Å². The van der Waals surface area contributed by atoms with E-state index in [-0.39, 0.29) is 0 Å². The van der Waals surface area contributed by atoms with E-state index in [1.807, 2.05) is 0 Å². The van der Waals surface area contributed by atoms with Gasteiger partial charge < -0.3 is 10.2 Å². The highest BCUT2D eigenvalue weighted by molar-refractivity contribution is 6.44. The first-order valence-corrected chi connectivity index (χ1v) is 8.83. The Balaban J connectivity index is 1.81. The normalized spacial score (nSPS) is 17.3. The summed E-state index contributed by atoms with van der Waals surface area (Å²) in [7, 11) is 0. The Labute approximate surface area is 142 Å². The van der Waals surface area contributed by atoms with Crippen LogP contribution in [-0.4, -0.2) is 30.6 Å². The van der Waals surface area contributed by atoms with E-state index in [0.29, 0.717) is 27.7 Å². The van der Waals surface area contributed by atoms with Gasteiger partial charge in [-0.25, -0.2) is 0 Å². The minimum absolute atomic E-state index is 0.536. The van der Waals surface area contributed by atoms with Crippen LogP contribution in [0.4, 0.5) is 0 Å². The number of hydrogen-bond acceptors (Lipinski definition) is 2. The molecule has 1 aromatic rings. The van der Waals surface area contributed by atoms with Gasteiger partial charge >= 0.3 is 0 Å². The van der Waals surface area contributed by atoms with Crippen LogP contribution in [0.1, 0.15) is 38.2 Å². The van der Waals surface area contributed by atoms with E-state index in [4.69, 9.17) is 34.8 Å². The molecule has 1 fully saturated rings. The maximum absolute atomic E-state index is 6.23. The van der Waals surface area contributed by atoms with Gasteiger partial charge in [0.1, 0.15) is 0 Å². The number of piperidine rings is 1. The average Bonchev–Trinajstić information content (AvgIpc) is 2.50. The molecule has 0 spiro atoms. The number of likely N-dealkylation sites (tertiary alicyclic amines) is 1. The Morgan fingerprint density at radius 3 is 2.48 bits per heavy atom. The van der Waals surface area contributed by atoms with Crippen LogP contribution in [0.3, 0.4) is 0 Å². The van der Waals surface area contributed by atoms with Crippen molar-refractivity contribution in [2.45, 2.75) is 45.2 Å². The van der Waals surface area contributed by atoms with Crippen LogP contribution in [0, 0.1) is 0 Å². The fourth-order valence-electron chi connectivity index (χ4n) is 2.72. The zero-order valence-corrected chi connectivity index (χ0v) is 14.7. The second kappa shape index (κ2) is 8.59. The first-order valence-electron chi connectivity index (χ1n) is 7.70. The Morgan fingerprint density at radius 2 is 1.81 bits per heavy atom. The molecule has 1 aliphatic rings. The van der Waals surface area contributed by atoms with Gasteiger partial charge in [0.2, 0.25) is 0 Å². The maximum Gasteiger partial charge on any atom is 0.0652 e. The third kappa shape index (κ3) is 5.01. The second-order valence-electron chi connectivity index (χ2n) is 5.67. The Morgan fingerprint density at radius 1 is 1.14 bits per heavy atom. The van der Waals surface area contributed by atoms with Crippen molar-refractivity contribution in [2.75, 3.05) is 19.6 Å². The summed E-state index contributed by atoms with van der Waals surface area (Å²) < 4.78 is 0. The summed E-state index contributed by atoms with van der Waals surface area (Å²) in [6, 6.07) is 4.08. The number of benzene rings is 1. The lowest BCUT2D eigenvalue weighted by Crippen LogP contribution is -2.42. The van der Waals surface area contributed by atoms with Crippen LogP contribution in [-0.2, 0) is 6.54 Å². The van der Waals surface area contributed by atoms with Crippen LogP contribution in [0.15, 0.2) is 12.1 Å². The monoisotopic (exact) mass is 348 g/mol. The first kappa shape index (κ1) is 17.4. The predicted octanol–water partition coefficient (Wildman–Crippen LogP) is 5.00. The van der Waals surface area contributed by atoms with Crippen LogP contribution >= 0.6 is 34.8 Å². The largest absolute Gasteiger partial charge is 0.310 e. The summed E-state index contributed by atoms with van der Waals surface area (Å²) in [5.41, 5.74) is 0.902. The van der Waals surface area contributed by atoms with Crippen molar-refractivity contribution in [1.29, 1.82) is 0 Å². The van der Waals surface area contributed by atoms with Gasteiger partial charge in [0.25, 0.3) is 0 Å². The highest BCUT2D eigenvalue weighted by Gasteiger charge is 2.19. The molecule has 0 unspecified atom stereocenters. The number of rotatable bonds is 6. The molecular formula is C16H23Cl3N2. The van der Waals surface area contributed by atoms with Crippen molar-refractivity contribution < 1.29 is 0 Å². The molecule has 5 heteroatoms. The third-order valence-corrected chi connectivity index (χ3v) is 5.32. The van der Waals surface area contributed by atoms with Gasteiger partial charge in [-0.3, -0.25) is 0 Å². The van der Waals surface area contributed by atoms with Crippen molar-refractivity contribution in [3.63, 3.8) is 0 Å². The van der Waals surface area contributed by atoms with Gasteiger partial charge in [0.05, 0.1) is 10.0 Å². The predicted molar refractivity (Wildman–Crippen MR) is 92.7 cm³/mol. The Bertz CT molecular complexity index is 457. The Hall–Kier alpha value is 0.01000. The van der Waals surface area contributed by atoms with E-state index >= 15 is 0 Å². The minimum Gasteiger partial charge on any atom is -0.310 e.